The molecule has 0 bridgehead atoms. The first-order valence-corrected chi connectivity index (χ1v) is 11.2. The molecule has 1 aliphatic heterocycles. The Morgan fingerprint density at radius 1 is 1.18 bits per heavy atom. The van der Waals surface area contributed by atoms with Crippen molar-refractivity contribution in [3.63, 3.8) is 0 Å². The standard InChI is InChI=1S/C22H18BrF3N6O2/c23-14-4-1-12-2-5-16(28-17(12)9-14)20-30-29-18-6-3-13(10-32(18)20)19(22(24,25)26)31-8-7-15(11-31)27-21(33)34/h1-6,9-10,15,19,27H,7-8,11H2,(H,33,34)/t15-,19?/m0/s1. The molecule has 1 amide bonds. The van der Waals surface area contributed by atoms with Crippen LogP contribution in [0.5, 0.6) is 0 Å². The van der Waals surface area contributed by atoms with Crippen LogP contribution in [0.25, 0.3) is 28.1 Å². The number of fused-ring (bicyclic) bond motifs is 2. The van der Waals surface area contributed by atoms with Gasteiger partial charge in [0.2, 0.25) is 0 Å². The van der Waals surface area contributed by atoms with Crippen molar-refractivity contribution in [3.05, 3.63) is 58.7 Å². The summed E-state index contributed by atoms with van der Waals surface area (Å²) in [5, 5.41) is 20.4. The van der Waals surface area contributed by atoms with Crippen LogP contribution in [-0.2, 0) is 0 Å². The van der Waals surface area contributed by atoms with Gasteiger partial charge in [0.1, 0.15) is 11.7 Å². The summed E-state index contributed by atoms with van der Waals surface area (Å²) in [6.45, 7) is 0.0773. The maximum Gasteiger partial charge on any atom is 0.408 e. The van der Waals surface area contributed by atoms with Gasteiger partial charge in [0.05, 0.1) is 5.52 Å². The van der Waals surface area contributed by atoms with Crippen LogP contribution >= 0.6 is 15.9 Å². The van der Waals surface area contributed by atoms with Crippen LogP contribution in [0.4, 0.5) is 18.0 Å². The van der Waals surface area contributed by atoms with Crippen LogP contribution in [-0.4, -0.2) is 61.0 Å². The zero-order chi connectivity index (χ0) is 24.0. The topological polar surface area (TPSA) is 95.7 Å². The number of alkyl halides is 3. The van der Waals surface area contributed by atoms with Crippen molar-refractivity contribution >= 4 is 38.6 Å². The van der Waals surface area contributed by atoms with Crippen molar-refractivity contribution in [1.82, 2.24) is 29.8 Å². The molecule has 1 unspecified atom stereocenters. The largest absolute Gasteiger partial charge is 0.465 e. The molecule has 4 heterocycles. The predicted octanol–water partition coefficient (Wildman–Crippen LogP) is 4.65. The van der Waals surface area contributed by atoms with Gasteiger partial charge in [-0.25, -0.2) is 9.78 Å². The van der Waals surface area contributed by atoms with Gasteiger partial charge in [-0.3, -0.25) is 9.30 Å². The number of carboxylic acid groups (broad SMARTS) is 1. The third-order valence-corrected chi connectivity index (χ3v) is 6.34. The molecule has 12 heteroatoms. The van der Waals surface area contributed by atoms with E-state index in [2.05, 4.69) is 36.4 Å². The molecule has 5 rings (SSSR count). The van der Waals surface area contributed by atoms with Crippen LogP contribution in [0.15, 0.2) is 53.1 Å². The Balaban J connectivity index is 1.54. The summed E-state index contributed by atoms with van der Waals surface area (Å²) < 4.78 is 44.9. The molecular weight excluding hydrogens is 517 g/mol. The lowest BCUT2D eigenvalue weighted by Gasteiger charge is -2.30. The molecular formula is C22H18BrF3N6O2. The fraction of sp³-hybridized carbons (Fsp3) is 0.273. The first kappa shape index (κ1) is 22.5. The molecule has 34 heavy (non-hydrogen) atoms. The van der Waals surface area contributed by atoms with Gasteiger partial charge in [-0.2, -0.15) is 13.2 Å². The maximum atomic E-state index is 14.2. The molecule has 2 N–H and O–H groups in total. The van der Waals surface area contributed by atoms with Gasteiger partial charge in [0.25, 0.3) is 0 Å². The molecule has 0 saturated carbocycles. The number of halogens is 4. The number of likely N-dealkylation sites (tertiary alicyclic amines) is 1. The monoisotopic (exact) mass is 534 g/mol. The highest BCUT2D eigenvalue weighted by molar-refractivity contribution is 9.10. The molecule has 0 spiro atoms. The van der Waals surface area contributed by atoms with Crippen LogP contribution < -0.4 is 5.32 Å². The minimum atomic E-state index is -4.56. The minimum Gasteiger partial charge on any atom is -0.465 e. The predicted molar refractivity (Wildman–Crippen MR) is 121 cm³/mol. The molecule has 4 aromatic rings. The number of rotatable bonds is 4. The smallest absolute Gasteiger partial charge is 0.408 e. The Bertz CT molecular complexity index is 1390. The molecule has 0 aliphatic carbocycles. The van der Waals surface area contributed by atoms with Crippen molar-refractivity contribution in [2.24, 2.45) is 0 Å². The van der Waals surface area contributed by atoms with E-state index < -0.39 is 24.4 Å². The van der Waals surface area contributed by atoms with E-state index in [1.807, 2.05) is 24.3 Å². The average Bonchev–Trinajstić information content (AvgIpc) is 3.38. The molecule has 1 saturated heterocycles. The number of hydrogen-bond donors (Lipinski definition) is 2. The Morgan fingerprint density at radius 3 is 2.74 bits per heavy atom. The normalized spacial score (nSPS) is 17.9. The number of hydrogen-bond acceptors (Lipinski definition) is 5. The molecule has 8 nitrogen and oxygen atoms in total. The highest BCUT2D eigenvalue weighted by atomic mass is 79.9. The van der Waals surface area contributed by atoms with E-state index in [9.17, 15) is 18.0 Å². The van der Waals surface area contributed by atoms with Gasteiger partial charge < -0.3 is 10.4 Å². The third-order valence-electron chi connectivity index (χ3n) is 5.85. The summed E-state index contributed by atoms with van der Waals surface area (Å²) in [5.74, 6) is 0.325. The Labute approximate surface area is 199 Å². The number of aromatic nitrogens is 4. The number of nitrogens with one attached hydrogen (secondary N) is 1. The highest BCUT2D eigenvalue weighted by Crippen LogP contribution is 2.39. The fourth-order valence-electron chi connectivity index (χ4n) is 4.38. The summed E-state index contributed by atoms with van der Waals surface area (Å²) in [5.41, 5.74) is 1.59. The van der Waals surface area contributed by atoms with Crippen molar-refractivity contribution in [1.29, 1.82) is 0 Å². The van der Waals surface area contributed by atoms with Crippen LogP contribution in [0.2, 0.25) is 0 Å². The molecule has 1 aliphatic rings. The molecule has 2 atom stereocenters. The summed E-state index contributed by atoms with van der Waals surface area (Å²) in [6.07, 6.45) is -4.13. The highest BCUT2D eigenvalue weighted by Gasteiger charge is 2.47. The van der Waals surface area contributed by atoms with Gasteiger partial charge in [-0.1, -0.05) is 34.1 Å². The molecule has 176 valence electrons. The van der Waals surface area contributed by atoms with Gasteiger partial charge in [-0.15, -0.1) is 10.2 Å². The average molecular weight is 535 g/mol. The minimum absolute atomic E-state index is 0.0144. The van der Waals surface area contributed by atoms with E-state index in [0.29, 0.717) is 29.1 Å². The summed E-state index contributed by atoms with van der Waals surface area (Å²) in [7, 11) is 0. The van der Waals surface area contributed by atoms with Gasteiger partial charge in [0, 0.05) is 35.2 Å². The lowest BCUT2D eigenvalue weighted by molar-refractivity contribution is -0.184. The van der Waals surface area contributed by atoms with E-state index >= 15 is 0 Å². The second-order valence-corrected chi connectivity index (χ2v) is 9.04. The molecule has 1 aromatic carbocycles. The first-order valence-electron chi connectivity index (χ1n) is 10.4. The number of nitrogens with zero attached hydrogens (tertiary/aromatic N) is 5. The van der Waals surface area contributed by atoms with E-state index in [0.717, 1.165) is 9.86 Å². The van der Waals surface area contributed by atoms with E-state index in [-0.39, 0.29) is 18.7 Å². The van der Waals surface area contributed by atoms with Crippen LogP contribution in [0.3, 0.4) is 0 Å². The van der Waals surface area contributed by atoms with Crippen molar-refractivity contribution in [2.45, 2.75) is 24.7 Å². The molecule has 1 fully saturated rings. The van der Waals surface area contributed by atoms with Crippen LogP contribution in [0.1, 0.15) is 18.0 Å². The summed E-state index contributed by atoms with van der Waals surface area (Å²) >= 11 is 3.42. The SMILES string of the molecule is O=C(O)N[C@H]1CCN(C(c2ccc3nnc(-c4ccc5ccc(Br)cc5n4)n3c2)C(F)(F)F)C1. The number of pyridine rings is 2. The molecule has 0 radical (unpaired) electrons. The quantitative estimate of drug-likeness (QED) is 0.395. The van der Waals surface area contributed by atoms with Crippen molar-refractivity contribution < 1.29 is 23.1 Å². The lowest BCUT2D eigenvalue weighted by atomic mass is 10.1. The van der Waals surface area contributed by atoms with Gasteiger partial charge in [0.15, 0.2) is 11.5 Å². The van der Waals surface area contributed by atoms with Crippen molar-refractivity contribution in [2.75, 3.05) is 13.1 Å². The Morgan fingerprint density at radius 2 is 1.97 bits per heavy atom. The van der Waals surface area contributed by atoms with E-state index in [1.165, 1.54) is 27.6 Å². The lowest BCUT2D eigenvalue weighted by Crippen LogP contribution is -2.40. The third kappa shape index (κ3) is 4.30. The van der Waals surface area contributed by atoms with E-state index in [1.54, 1.807) is 6.07 Å². The number of carbonyl (C=O) groups is 1. The number of benzene rings is 1. The van der Waals surface area contributed by atoms with Crippen molar-refractivity contribution in [3.8, 4) is 11.5 Å². The first-order chi connectivity index (χ1) is 16.2. The zero-order valence-corrected chi connectivity index (χ0v) is 19.1. The molecule has 3 aromatic heterocycles. The Kier molecular flexibility index (Phi) is 5.64. The summed E-state index contributed by atoms with van der Waals surface area (Å²) in [6, 6.07) is 9.70. The second kappa shape index (κ2) is 8.51. The summed E-state index contributed by atoms with van der Waals surface area (Å²) in [4.78, 5) is 16.8. The second-order valence-electron chi connectivity index (χ2n) is 8.12. The fourth-order valence-corrected chi connectivity index (χ4v) is 4.73. The Hall–Kier alpha value is -3.25. The number of amides is 1. The van der Waals surface area contributed by atoms with Gasteiger partial charge in [-0.05, 0) is 36.2 Å². The van der Waals surface area contributed by atoms with E-state index in [4.69, 9.17) is 5.11 Å². The van der Waals surface area contributed by atoms with Gasteiger partial charge >= 0.3 is 12.3 Å². The van der Waals surface area contributed by atoms with Crippen LogP contribution in [0, 0.1) is 0 Å². The zero-order valence-electron chi connectivity index (χ0n) is 17.5. The maximum absolute atomic E-state index is 14.2.